The highest BCUT2D eigenvalue weighted by Gasteiger charge is 2.35. The fourth-order valence-electron chi connectivity index (χ4n) is 5.12. The van der Waals surface area contributed by atoms with Gasteiger partial charge in [-0.2, -0.15) is 0 Å². The van der Waals surface area contributed by atoms with Crippen LogP contribution in [-0.2, 0) is 0 Å². The van der Waals surface area contributed by atoms with Crippen LogP contribution in [0.1, 0.15) is 91.1 Å². The first-order valence-corrected chi connectivity index (χ1v) is 13.3. The lowest BCUT2D eigenvalue weighted by Gasteiger charge is -2.39. The molecule has 2 aromatic heterocycles. The summed E-state index contributed by atoms with van der Waals surface area (Å²) in [5.41, 5.74) is -0.300. The summed E-state index contributed by atoms with van der Waals surface area (Å²) in [5, 5.41) is 15.6. The molecule has 2 saturated carbocycles. The summed E-state index contributed by atoms with van der Waals surface area (Å²) in [5.74, 6) is -0.480. The van der Waals surface area contributed by atoms with Gasteiger partial charge in [0.25, 0.3) is 18.2 Å². The van der Waals surface area contributed by atoms with Gasteiger partial charge in [-0.1, -0.05) is 0 Å². The van der Waals surface area contributed by atoms with Crippen molar-refractivity contribution in [3.63, 3.8) is 0 Å². The zero-order valence-electron chi connectivity index (χ0n) is 20.4. The second-order valence-corrected chi connectivity index (χ2v) is 11.5. The Balaban J connectivity index is 1.52. The normalized spacial score (nSPS) is 24.8. The number of aliphatic hydroxyl groups excluding tert-OH is 1. The first-order chi connectivity index (χ1) is 17.1. The number of carbonyl (C=O) groups excluding carboxylic acids is 2. The number of alkyl halides is 2. The number of nitrogens with zero attached hydrogens (tertiary/aromatic N) is 3. The van der Waals surface area contributed by atoms with Crippen LogP contribution in [0.5, 0.6) is 0 Å². The zero-order chi connectivity index (χ0) is 25.6. The second-order valence-electron chi connectivity index (χ2n) is 10.5. The summed E-state index contributed by atoms with van der Waals surface area (Å²) < 4.78 is 28.6. The molecule has 3 fully saturated rings. The Hall–Kier alpha value is -2.66. The number of nitrogens with one attached hydrogen (secondary N) is 2. The third-order valence-corrected chi connectivity index (χ3v) is 8.68. The highest BCUT2D eigenvalue weighted by atomic mass is 32.1. The van der Waals surface area contributed by atoms with Crippen molar-refractivity contribution in [3.05, 3.63) is 28.5 Å². The number of rotatable bonds is 7. The van der Waals surface area contributed by atoms with Gasteiger partial charge in [-0.25, -0.2) is 18.7 Å². The van der Waals surface area contributed by atoms with Crippen molar-refractivity contribution in [3.8, 4) is 10.4 Å². The van der Waals surface area contributed by atoms with Crippen molar-refractivity contribution < 1.29 is 23.5 Å². The van der Waals surface area contributed by atoms with Crippen LogP contribution in [-0.4, -0.2) is 62.1 Å². The number of carbonyl (C=O) groups is 2. The minimum atomic E-state index is -2.80. The highest BCUT2D eigenvalue weighted by Crippen LogP contribution is 2.40. The van der Waals surface area contributed by atoms with Crippen LogP contribution >= 0.6 is 11.3 Å². The number of aromatic nitrogens is 2. The summed E-state index contributed by atoms with van der Waals surface area (Å²) in [7, 11) is 0. The Kier molecular flexibility index (Phi) is 6.71. The van der Waals surface area contributed by atoms with Gasteiger partial charge in [0.2, 0.25) is 0 Å². The lowest BCUT2D eigenvalue weighted by molar-refractivity contribution is 0.0562. The van der Waals surface area contributed by atoms with E-state index in [1.165, 1.54) is 12.3 Å². The largest absolute Gasteiger partial charge is 0.393 e. The molecule has 11 heteroatoms. The number of hydrogen-bond acceptors (Lipinski definition) is 7. The summed E-state index contributed by atoms with van der Waals surface area (Å²) >= 11 is 0.926. The molecule has 3 aliphatic rings. The van der Waals surface area contributed by atoms with Crippen molar-refractivity contribution in [2.45, 2.75) is 88.9 Å². The van der Waals surface area contributed by atoms with Crippen molar-refractivity contribution in [1.82, 2.24) is 20.2 Å². The minimum absolute atomic E-state index is 0.00269. The molecular formula is C25H31F2N5O3S. The van der Waals surface area contributed by atoms with E-state index in [9.17, 15) is 23.5 Å². The summed E-state index contributed by atoms with van der Waals surface area (Å²) in [4.78, 5) is 37.0. The number of aliphatic hydroxyl groups is 1. The summed E-state index contributed by atoms with van der Waals surface area (Å²) in [6.45, 7) is 4.54. The molecule has 0 spiro atoms. The number of pyridine rings is 1. The van der Waals surface area contributed by atoms with Crippen LogP contribution in [0.15, 0.2) is 12.3 Å². The average molecular weight is 520 g/mol. The van der Waals surface area contributed by atoms with Crippen LogP contribution in [0.25, 0.3) is 10.4 Å². The van der Waals surface area contributed by atoms with E-state index in [4.69, 9.17) is 0 Å². The molecule has 1 aliphatic heterocycles. The maximum absolute atomic E-state index is 14.3. The minimum Gasteiger partial charge on any atom is -0.393 e. The molecule has 8 nitrogen and oxygen atoms in total. The fraction of sp³-hybridized carbons (Fsp3) is 0.600. The van der Waals surface area contributed by atoms with Gasteiger partial charge in [0.05, 0.1) is 11.0 Å². The van der Waals surface area contributed by atoms with Crippen LogP contribution in [0, 0.1) is 0 Å². The van der Waals surface area contributed by atoms with E-state index in [0.717, 1.165) is 43.4 Å². The zero-order valence-corrected chi connectivity index (χ0v) is 21.2. The number of halogens is 2. The van der Waals surface area contributed by atoms with Gasteiger partial charge in [0.1, 0.15) is 11.5 Å². The second kappa shape index (κ2) is 9.66. The molecule has 0 bridgehead atoms. The van der Waals surface area contributed by atoms with Crippen LogP contribution in [0.3, 0.4) is 0 Å². The monoisotopic (exact) mass is 519 g/mol. The number of amides is 2. The molecule has 194 valence electrons. The first kappa shape index (κ1) is 25.0. The number of anilines is 1. The van der Waals surface area contributed by atoms with Crippen molar-refractivity contribution >= 4 is 29.0 Å². The Bertz CT molecular complexity index is 1160. The number of hydrogen-bond donors (Lipinski definition) is 3. The smallest absolute Gasteiger partial charge is 0.280 e. The maximum Gasteiger partial charge on any atom is 0.280 e. The molecular weight excluding hydrogens is 488 g/mol. The molecule has 2 aromatic rings. The van der Waals surface area contributed by atoms with Crippen LogP contribution in [0.4, 0.5) is 14.6 Å². The lowest BCUT2D eigenvalue weighted by atomic mass is 9.78. The predicted octanol–water partition coefficient (Wildman–Crippen LogP) is 4.37. The quantitative estimate of drug-likeness (QED) is 0.501. The number of thiazole rings is 1. The molecule has 5 rings (SSSR count). The molecule has 0 radical (unpaired) electrons. The topological polar surface area (TPSA) is 107 Å². The third-order valence-electron chi connectivity index (χ3n) is 7.59. The standard InChI is InChI=1S/C25H31F2N5O3S/c1-13-5-3-8-32(13)24(35)19-20(36-23(30-19)22(34)29-14-9-15(33)10-14)17-12-28-18(11-16(17)21(26)27)31-25(2)6-4-7-25/h11-15,21,33H,3-10H2,1-2H3,(H,28,31)(H,29,34)/t13-,14-,15-/m0/s1. The SMILES string of the molecule is C[C@H]1CCCN1C(=O)c1nc(C(=O)N[C@H]2C[C@H](O)C2)sc1-c1cnc(NC2(C)CCC2)cc1C(F)F. The van der Waals surface area contributed by atoms with Crippen LogP contribution in [0.2, 0.25) is 0 Å². The molecule has 0 unspecified atom stereocenters. The lowest BCUT2D eigenvalue weighted by Crippen LogP contribution is -2.46. The summed E-state index contributed by atoms with van der Waals surface area (Å²) in [6.07, 6.45) is 3.69. The first-order valence-electron chi connectivity index (χ1n) is 12.5. The van der Waals surface area contributed by atoms with Gasteiger partial charge in [-0.3, -0.25) is 9.59 Å². The Morgan fingerprint density at radius 1 is 1.28 bits per heavy atom. The molecule has 36 heavy (non-hydrogen) atoms. The molecule has 0 aromatic carbocycles. The molecule has 1 saturated heterocycles. The van der Waals surface area contributed by atoms with E-state index in [1.807, 2.05) is 13.8 Å². The van der Waals surface area contributed by atoms with Crippen molar-refractivity contribution in [2.75, 3.05) is 11.9 Å². The van der Waals surface area contributed by atoms with E-state index < -0.39 is 18.4 Å². The predicted molar refractivity (Wildman–Crippen MR) is 132 cm³/mol. The molecule has 2 amide bonds. The number of likely N-dealkylation sites (tertiary alicyclic amines) is 1. The van der Waals surface area contributed by atoms with Crippen LogP contribution < -0.4 is 10.6 Å². The Morgan fingerprint density at radius 2 is 2.03 bits per heavy atom. The van der Waals surface area contributed by atoms with Gasteiger partial charge >= 0.3 is 0 Å². The fourth-order valence-corrected chi connectivity index (χ4v) is 6.11. The molecule has 1 atom stereocenters. The Labute approximate surface area is 212 Å². The molecule has 3 heterocycles. The molecule has 3 N–H and O–H groups in total. The van der Waals surface area contributed by atoms with Crippen molar-refractivity contribution in [2.24, 2.45) is 0 Å². The average Bonchev–Trinajstić information content (AvgIpc) is 3.43. The van der Waals surface area contributed by atoms with Gasteiger partial charge in [-0.15, -0.1) is 11.3 Å². The molecule has 2 aliphatic carbocycles. The van der Waals surface area contributed by atoms with Crippen molar-refractivity contribution in [1.29, 1.82) is 0 Å². The van der Waals surface area contributed by atoms with Gasteiger partial charge in [-0.05, 0) is 64.9 Å². The van der Waals surface area contributed by atoms with E-state index in [0.29, 0.717) is 25.2 Å². The summed E-state index contributed by atoms with van der Waals surface area (Å²) in [6, 6.07) is 1.17. The van der Waals surface area contributed by atoms with Gasteiger partial charge in [0, 0.05) is 41.5 Å². The highest BCUT2D eigenvalue weighted by molar-refractivity contribution is 7.17. The van der Waals surface area contributed by atoms with Gasteiger partial charge in [0.15, 0.2) is 5.01 Å². The van der Waals surface area contributed by atoms with Gasteiger partial charge < -0.3 is 20.6 Å². The third kappa shape index (κ3) is 4.82. The maximum atomic E-state index is 14.3. The Morgan fingerprint density at radius 3 is 2.61 bits per heavy atom. The van der Waals surface area contributed by atoms with E-state index in [2.05, 4.69) is 20.6 Å². The van der Waals surface area contributed by atoms with E-state index in [-0.39, 0.29) is 50.2 Å². The van der Waals surface area contributed by atoms with E-state index in [1.54, 1.807) is 4.90 Å². The van der Waals surface area contributed by atoms with E-state index >= 15 is 0 Å².